The largest absolute Gasteiger partial charge is 0.370 e. The van der Waals surface area contributed by atoms with Crippen LogP contribution in [-0.2, 0) is 19.2 Å². The maximum absolute atomic E-state index is 13.5. The molecule has 0 aromatic rings. The van der Waals surface area contributed by atoms with Gasteiger partial charge in [-0.3, -0.25) is 29.1 Å². The van der Waals surface area contributed by atoms with E-state index in [1.807, 2.05) is 39.8 Å². The van der Waals surface area contributed by atoms with Crippen LogP contribution in [0.1, 0.15) is 59.3 Å². The first-order valence-corrected chi connectivity index (χ1v) is 12.7. The van der Waals surface area contributed by atoms with Gasteiger partial charge >= 0.3 is 0 Å². The smallest absolute Gasteiger partial charge is 0.246 e. The number of aliphatic imine (C=N–C) groups is 1. The third kappa shape index (κ3) is 9.36. The van der Waals surface area contributed by atoms with Crippen molar-refractivity contribution in [1.29, 1.82) is 0 Å². The number of Topliss-reactive ketones (excluding diaryl/α,β-unsaturated/α-hetero) is 1. The van der Waals surface area contributed by atoms with Gasteiger partial charge in [0, 0.05) is 13.1 Å². The first-order valence-electron chi connectivity index (χ1n) is 12.7. The van der Waals surface area contributed by atoms with Gasteiger partial charge in [-0.25, -0.2) is 4.39 Å². The number of carbonyl (C=O) groups is 4. The predicted octanol–water partition coefficient (Wildman–Crippen LogP) is -0.0745. The SMILES string of the molecule is CCC[C@@H](C(=O)N[C@H](C(=O)N1CCC[C@H]1C(=O)N[C@@H](CCCN=C(N)N)C(=O)CF)C(C)C)N(C)C. The maximum atomic E-state index is 13.5. The van der Waals surface area contributed by atoms with Crippen molar-refractivity contribution < 1.29 is 23.6 Å². The number of likely N-dealkylation sites (N-methyl/N-ethyl adjacent to an activating group) is 1. The lowest BCUT2D eigenvalue weighted by molar-refractivity contribution is -0.143. The molecule has 11 nitrogen and oxygen atoms in total. The molecule has 6 N–H and O–H groups in total. The number of halogens is 1. The molecule has 0 unspecified atom stereocenters. The van der Waals surface area contributed by atoms with Gasteiger partial charge in [0.15, 0.2) is 11.7 Å². The molecule has 12 heteroatoms. The van der Waals surface area contributed by atoms with Gasteiger partial charge in [0.05, 0.1) is 12.1 Å². The van der Waals surface area contributed by atoms with Gasteiger partial charge in [-0.05, 0) is 52.1 Å². The number of likely N-dealkylation sites (tertiary alicyclic amines) is 1. The predicted molar refractivity (Wildman–Crippen MR) is 137 cm³/mol. The van der Waals surface area contributed by atoms with Gasteiger partial charge in [-0.1, -0.05) is 27.2 Å². The Morgan fingerprint density at radius 3 is 2.33 bits per heavy atom. The van der Waals surface area contributed by atoms with Gasteiger partial charge in [0.25, 0.3) is 0 Å². The zero-order valence-corrected chi connectivity index (χ0v) is 22.3. The summed E-state index contributed by atoms with van der Waals surface area (Å²) >= 11 is 0. The Hall–Kier alpha value is -2.76. The molecule has 3 amide bonds. The van der Waals surface area contributed by atoms with Crippen LogP contribution in [0, 0.1) is 5.92 Å². The van der Waals surface area contributed by atoms with E-state index in [4.69, 9.17) is 11.5 Å². The molecule has 0 bridgehead atoms. The van der Waals surface area contributed by atoms with Crippen LogP contribution in [0.3, 0.4) is 0 Å². The fourth-order valence-electron chi connectivity index (χ4n) is 4.32. The van der Waals surface area contributed by atoms with Crippen molar-refractivity contribution in [3.05, 3.63) is 0 Å². The van der Waals surface area contributed by atoms with E-state index in [1.54, 1.807) is 0 Å². The summed E-state index contributed by atoms with van der Waals surface area (Å²) in [5.74, 6) is -2.13. The second-order valence-electron chi connectivity index (χ2n) is 9.80. The molecule has 1 saturated heterocycles. The van der Waals surface area contributed by atoms with Crippen molar-refractivity contribution in [1.82, 2.24) is 20.4 Å². The molecule has 36 heavy (non-hydrogen) atoms. The minimum atomic E-state index is -1.22. The lowest BCUT2D eigenvalue weighted by Gasteiger charge is -2.32. The van der Waals surface area contributed by atoms with E-state index < -0.39 is 36.5 Å². The molecule has 1 aliphatic rings. The summed E-state index contributed by atoms with van der Waals surface area (Å²) in [6.07, 6.45) is 3.02. The first kappa shape index (κ1) is 31.3. The van der Waals surface area contributed by atoms with Crippen LogP contribution in [-0.4, -0.2) is 97.3 Å². The van der Waals surface area contributed by atoms with Gasteiger partial charge in [0.1, 0.15) is 18.8 Å². The molecule has 0 aromatic heterocycles. The number of nitrogens with zero attached hydrogens (tertiary/aromatic N) is 3. The summed E-state index contributed by atoms with van der Waals surface area (Å²) in [4.78, 5) is 58.7. The topological polar surface area (TPSA) is 163 Å². The number of nitrogens with one attached hydrogen (secondary N) is 2. The van der Waals surface area contributed by atoms with E-state index in [0.717, 1.165) is 6.42 Å². The quantitative estimate of drug-likeness (QED) is 0.135. The highest BCUT2D eigenvalue weighted by atomic mass is 19.1. The molecule has 1 fully saturated rings. The zero-order valence-electron chi connectivity index (χ0n) is 22.3. The minimum absolute atomic E-state index is 0.0918. The lowest BCUT2D eigenvalue weighted by atomic mass is 10.0. The van der Waals surface area contributed by atoms with E-state index in [9.17, 15) is 23.6 Å². The summed E-state index contributed by atoms with van der Waals surface area (Å²) in [5, 5.41) is 5.50. The number of alkyl halides is 1. The van der Waals surface area contributed by atoms with Crippen LogP contribution in [0.5, 0.6) is 0 Å². The fraction of sp³-hybridized carbons (Fsp3) is 0.792. The van der Waals surface area contributed by atoms with Crippen LogP contribution in [0.4, 0.5) is 4.39 Å². The first-order chi connectivity index (χ1) is 16.9. The molecule has 0 saturated carbocycles. The van der Waals surface area contributed by atoms with Crippen molar-refractivity contribution in [2.45, 2.75) is 83.5 Å². The number of ketones is 1. The summed E-state index contributed by atoms with van der Waals surface area (Å²) in [6.45, 7) is 5.05. The van der Waals surface area contributed by atoms with Crippen molar-refractivity contribution in [3.8, 4) is 0 Å². The average Bonchev–Trinajstić information content (AvgIpc) is 3.31. The van der Waals surface area contributed by atoms with Gasteiger partial charge in [-0.15, -0.1) is 0 Å². The molecular formula is C24H44FN7O4. The number of amides is 3. The number of nitrogens with two attached hydrogens (primary N) is 2. The van der Waals surface area contributed by atoms with Crippen molar-refractivity contribution in [2.24, 2.45) is 22.4 Å². The standard InChI is InChI=1S/C24H44FN7O4/c1-6-9-17(31(4)5)21(34)30-20(15(2)3)23(36)32-13-8-11-18(32)22(35)29-16(19(33)14-25)10-7-12-28-24(26)27/h15-18,20H,6-14H2,1-5H3,(H,29,35)(H,30,34)(H4,26,27,28)/t16-,17-,18-,20-/m0/s1. The molecule has 0 spiro atoms. The van der Waals surface area contributed by atoms with Gasteiger partial charge in [0.2, 0.25) is 17.7 Å². The van der Waals surface area contributed by atoms with Crippen molar-refractivity contribution >= 4 is 29.5 Å². The third-order valence-electron chi connectivity index (χ3n) is 6.34. The monoisotopic (exact) mass is 513 g/mol. The van der Waals surface area contributed by atoms with E-state index in [0.29, 0.717) is 32.2 Å². The highest BCUT2D eigenvalue weighted by molar-refractivity contribution is 5.95. The number of hydrogen-bond donors (Lipinski definition) is 4. The van der Waals surface area contributed by atoms with Crippen LogP contribution < -0.4 is 22.1 Å². The summed E-state index contributed by atoms with van der Waals surface area (Å²) in [6, 6.07) is -3.01. The van der Waals surface area contributed by atoms with Crippen LogP contribution in [0.25, 0.3) is 0 Å². The van der Waals surface area contributed by atoms with E-state index in [1.165, 1.54) is 4.90 Å². The normalized spacial score (nSPS) is 18.0. The Labute approximate surface area is 213 Å². The fourth-order valence-corrected chi connectivity index (χ4v) is 4.32. The average molecular weight is 514 g/mol. The lowest BCUT2D eigenvalue weighted by Crippen LogP contribution is -2.58. The number of rotatable bonds is 15. The second-order valence-corrected chi connectivity index (χ2v) is 9.80. The van der Waals surface area contributed by atoms with E-state index in [-0.39, 0.29) is 42.7 Å². The van der Waals surface area contributed by atoms with Crippen LogP contribution in [0.2, 0.25) is 0 Å². The van der Waals surface area contributed by atoms with E-state index in [2.05, 4.69) is 15.6 Å². The Morgan fingerprint density at radius 1 is 1.14 bits per heavy atom. The molecule has 1 rings (SSSR count). The molecular weight excluding hydrogens is 469 g/mol. The molecule has 1 heterocycles. The Balaban J connectivity index is 2.95. The highest BCUT2D eigenvalue weighted by Crippen LogP contribution is 2.21. The Kier molecular flexibility index (Phi) is 13.4. The second kappa shape index (κ2) is 15.4. The highest BCUT2D eigenvalue weighted by Gasteiger charge is 2.40. The Bertz CT molecular complexity index is 786. The van der Waals surface area contributed by atoms with Gasteiger partial charge in [-0.2, -0.15) is 0 Å². The molecule has 0 aliphatic carbocycles. The zero-order chi connectivity index (χ0) is 27.4. The van der Waals surface area contributed by atoms with Crippen LogP contribution in [0.15, 0.2) is 4.99 Å². The number of hydrogen-bond acceptors (Lipinski definition) is 6. The summed E-state index contributed by atoms with van der Waals surface area (Å²) in [7, 11) is 3.64. The van der Waals surface area contributed by atoms with Crippen molar-refractivity contribution in [2.75, 3.05) is 33.9 Å². The molecule has 4 atom stereocenters. The molecule has 1 aliphatic heterocycles. The van der Waals surface area contributed by atoms with Crippen LogP contribution >= 0.6 is 0 Å². The maximum Gasteiger partial charge on any atom is 0.246 e. The summed E-state index contributed by atoms with van der Waals surface area (Å²) in [5.41, 5.74) is 10.6. The minimum Gasteiger partial charge on any atom is -0.370 e. The summed E-state index contributed by atoms with van der Waals surface area (Å²) < 4.78 is 13.1. The third-order valence-corrected chi connectivity index (χ3v) is 6.34. The molecule has 0 aromatic carbocycles. The molecule has 206 valence electrons. The molecule has 0 radical (unpaired) electrons. The van der Waals surface area contributed by atoms with Gasteiger partial charge < -0.3 is 27.0 Å². The number of carbonyl (C=O) groups excluding carboxylic acids is 4. The van der Waals surface area contributed by atoms with Crippen molar-refractivity contribution in [3.63, 3.8) is 0 Å². The number of guanidine groups is 1. The van der Waals surface area contributed by atoms with E-state index >= 15 is 0 Å². The Morgan fingerprint density at radius 2 is 1.81 bits per heavy atom.